The molecule has 5 rings (SSSR count). The number of amides is 2. The van der Waals surface area contributed by atoms with Crippen LogP contribution < -0.4 is 4.74 Å². The van der Waals surface area contributed by atoms with E-state index in [1.807, 2.05) is 24.3 Å². The lowest BCUT2D eigenvalue weighted by Crippen LogP contribution is -2.51. The Hall–Kier alpha value is -2.29. The number of carbonyl (C=O) groups excluding carboxylic acids is 2. The normalized spacial score (nSPS) is 21.8. The molecule has 0 bridgehead atoms. The summed E-state index contributed by atoms with van der Waals surface area (Å²) in [4.78, 5) is 36.7. The van der Waals surface area contributed by atoms with E-state index >= 15 is 0 Å². The van der Waals surface area contributed by atoms with Crippen LogP contribution in [0, 0.1) is 5.41 Å². The number of thiazole rings is 1. The second-order valence-corrected chi connectivity index (χ2v) is 10.4. The maximum absolute atomic E-state index is 13.1. The van der Waals surface area contributed by atoms with Gasteiger partial charge in [-0.3, -0.25) is 24.3 Å². The first kappa shape index (κ1) is 22.5. The topological polar surface area (TPSA) is 66.0 Å². The molecule has 2 aromatic rings. The summed E-state index contributed by atoms with van der Waals surface area (Å²) in [7, 11) is 1.67. The van der Waals surface area contributed by atoms with Gasteiger partial charge in [0.05, 0.1) is 24.9 Å². The van der Waals surface area contributed by atoms with Gasteiger partial charge in [-0.2, -0.15) is 0 Å². The Morgan fingerprint density at radius 3 is 2.39 bits per heavy atom. The number of piperazine rings is 1. The van der Waals surface area contributed by atoms with Crippen LogP contribution >= 0.6 is 11.3 Å². The van der Waals surface area contributed by atoms with Gasteiger partial charge >= 0.3 is 0 Å². The summed E-state index contributed by atoms with van der Waals surface area (Å²) in [6.07, 6.45) is 5.52. The number of benzene rings is 1. The lowest BCUT2D eigenvalue weighted by molar-refractivity contribution is -0.145. The number of ether oxygens (including phenoxy) is 1. The van der Waals surface area contributed by atoms with Crippen molar-refractivity contribution in [2.24, 2.45) is 5.41 Å². The molecule has 1 aliphatic carbocycles. The molecule has 8 heteroatoms. The minimum atomic E-state index is -0.386. The molecular weight excluding hydrogens is 436 g/mol. The van der Waals surface area contributed by atoms with E-state index in [1.165, 1.54) is 6.42 Å². The number of methoxy groups -OCH3 is 1. The molecule has 1 aromatic heterocycles. The van der Waals surface area contributed by atoms with Gasteiger partial charge in [-0.05, 0) is 37.1 Å². The van der Waals surface area contributed by atoms with Crippen LogP contribution in [0.25, 0.3) is 10.6 Å². The summed E-state index contributed by atoms with van der Waals surface area (Å²) in [6, 6.07) is 8.00. The molecule has 3 heterocycles. The molecule has 33 heavy (non-hydrogen) atoms. The Morgan fingerprint density at radius 2 is 1.70 bits per heavy atom. The summed E-state index contributed by atoms with van der Waals surface area (Å²) in [5.41, 5.74) is 1.81. The highest BCUT2D eigenvalue weighted by Gasteiger charge is 2.51. The molecule has 2 amide bonds. The van der Waals surface area contributed by atoms with Gasteiger partial charge in [0.2, 0.25) is 11.8 Å². The van der Waals surface area contributed by atoms with Gasteiger partial charge in [-0.25, -0.2) is 4.98 Å². The summed E-state index contributed by atoms with van der Waals surface area (Å²) in [5, 5.41) is 3.16. The summed E-state index contributed by atoms with van der Waals surface area (Å²) in [6.45, 7) is 4.82. The average Bonchev–Trinajstić information content (AvgIpc) is 3.39. The van der Waals surface area contributed by atoms with E-state index in [2.05, 4.69) is 15.2 Å². The number of rotatable bonds is 6. The van der Waals surface area contributed by atoms with Crippen LogP contribution in [0.3, 0.4) is 0 Å². The number of likely N-dealkylation sites (tertiary alicyclic amines) is 1. The molecule has 7 nitrogen and oxygen atoms in total. The van der Waals surface area contributed by atoms with E-state index in [9.17, 15) is 9.59 Å². The minimum Gasteiger partial charge on any atom is -0.497 e. The highest BCUT2D eigenvalue weighted by molar-refractivity contribution is 7.13. The van der Waals surface area contributed by atoms with E-state index in [0.29, 0.717) is 13.1 Å². The summed E-state index contributed by atoms with van der Waals surface area (Å²) < 4.78 is 5.23. The Balaban J connectivity index is 1.12. The third-order valence-corrected chi connectivity index (χ3v) is 8.32. The number of aromatic nitrogens is 1. The molecule has 0 unspecified atom stereocenters. The van der Waals surface area contributed by atoms with Gasteiger partial charge in [0.1, 0.15) is 10.8 Å². The lowest BCUT2D eigenvalue weighted by Gasteiger charge is -2.36. The van der Waals surface area contributed by atoms with Gasteiger partial charge in [-0.15, -0.1) is 11.3 Å². The van der Waals surface area contributed by atoms with Crippen LogP contribution in [-0.2, 0) is 16.1 Å². The number of imide groups is 1. The number of nitrogens with zero attached hydrogens (tertiary/aromatic N) is 4. The maximum Gasteiger partial charge on any atom is 0.237 e. The highest BCUT2D eigenvalue weighted by atomic mass is 32.1. The van der Waals surface area contributed by atoms with Crippen molar-refractivity contribution in [2.75, 3.05) is 40.0 Å². The fourth-order valence-electron chi connectivity index (χ4n) is 5.39. The molecule has 2 aliphatic heterocycles. The summed E-state index contributed by atoms with van der Waals surface area (Å²) in [5.74, 6) is 0.959. The van der Waals surface area contributed by atoms with Crippen molar-refractivity contribution >= 4 is 23.2 Å². The van der Waals surface area contributed by atoms with Gasteiger partial charge < -0.3 is 4.74 Å². The van der Waals surface area contributed by atoms with Gasteiger partial charge in [0.15, 0.2) is 0 Å². The molecule has 1 saturated carbocycles. The molecule has 0 atom stereocenters. The van der Waals surface area contributed by atoms with Gasteiger partial charge in [-0.1, -0.05) is 19.3 Å². The quantitative estimate of drug-likeness (QED) is 0.604. The van der Waals surface area contributed by atoms with Crippen LogP contribution in [0.2, 0.25) is 0 Å². The van der Waals surface area contributed by atoms with Crippen molar-refractivity contribution in [1.82, 2.24) is 19.7 Å². The Morgan fingerprint density at radius 1 is 1.00 bits per heavy atom. The Kier molecular flexibility index (Phi) is 6.49. The third-order valence-electron chi connectivity index (χ3n) is 7.38. The van der Waals surface area contributed by atoms with E-state index < -0.39 is 0 Å². The lowest BCUT2D eigenvalue weighted by atomic mass is 9.73. The Labute approximate surface area is 199 Å². The average molecular weight is 469 g/mol. The maximum atomic E-state index is 13.1. The zero-order valence-electron chi connectivity index (χ0n) is 19.3. The van der Waals surface area contributed by atoms with Gasteiger partial charge in [0, 0.05) is 50.1 Å². The molecule has 176 valence electrons. The van der Waals surface area contributed by atoms with Crippen LogP contribution in [-0.4, -0.2) is 71.5 Å². The molecule has 2 saturated heterocycles. The van der Waals surface area contributed by atoms with Crippen LogP contribution in [0.4, 0.5) is 0 Å². The van der Waals surface area contributed by atoms with Crippen LogP contribution in [0.1, 0.15) is 44.2 Å². The molecule has 3 aliphatic rings. The van der Waals surface area contributed by atoms with Crippen molar-refractivity contribution < 1.29 is 14.3 Å². The van der Waals surface area contributed by atoms with Crippen molar-refractivity contribution in [3.05, 3.63) is 35.3 Å². The SMILES string of the molecule is COc1ccc(-c2nc(CN3CCN(CN4C(=O)CC5(CCCCC5)C4=O)CC3)cs2)cc1. The fraction of sp³-hybridized carbons (Fsp3) is 0.560. The second kappa shape index (κ2) is 9.52. The predicted octanol–water partition coefficient (Wildman–Crippen LogP) is 3.60. The smallest absolute Gasteiger partial charge is 0.237 e. The van der Waals surface area contributed by atoms with E-state index in [1.54, 1.807) is 23.3 Å². The minimum absolute atomic E-state index is 0.0258. The van der Waals surface area contributed by atoms with Crippen LogP contribution in [0.15, 0.2) is 29.6 Å². The van der Waals surface area contributed by atoms with E-state index in [0.717, 1.165) is 80.4 Å². The van der Waals surface area contributed by atoms with E-state index in [-0.39, 0.29) is 17.2 Å². The monoisotopic (exact) mass is 468 g/mol. The first-order chi connectivity index (χ1) is 16.1. The molecule has 3 fully saturated rings. The first-order valence-electron chi connectivity index (χ1n) is 11.9. The van der Waals surface area contributed by atoms with Crippen molar-refractivity contribution in [2.45, 2.75) is 45.1 Å². The van der Waals surface area contributed by atoms with Crippen LogP contribution in [0.5, 0.6) is 5.75 Å². The molecule has 0 N–H and O–H groups in total. The van der Waals surface area contributed by atoms with E-state index in [4.69, 9.17) is 9.72 Å². The first-order valence-corrected chi connectivity index (χ1v) is 12.8. The standard InChI is InChI=1S/C25H32N4O3S/c1-32-21-7-5-19(6-8-21)23-26-20(17-33-23)16-27-11-13-28(14-12-27)18-29-22(30)15-25(24(29)31)9-3-2-4-10-25/h5-8,17H,2-4,9-16,18H2,1H3. The predicted molar refractivity (Wildman–Crippen MR) is 128 cm³/mol. The molecule has 0 radical (unpaired) electrons. The molecule has 1 aromatic carbocycles. The number of hydrogen-bond acceptors (Lipinski definition) is 7. The third kappa shape index (κ3) is 4.69. The number of carbonyl (C=O) groups is 2. The highest BCUT2D eigenvalue weighted by Crippen LogP contribution is 2.45. The molecular formula is C25H32N4O3S. The molecule has 1 spiro atoms. The summed E-state index contributed by atoms with van der Waals surface area (Å²) >= 11 is 1.67. The zero-order valence-corrected chi connectivity index (χ0v) is 20.1. The Bertz CT molecular complexity index is 991. The second-order valence-electron chi connectivity index (χ2n) is 9.55. The van der Waals surface area contributed by atoms with Crippen molar-refractivity contribution in [1.29, 1.82) is 0 Å². The van der Waals surface area contributed by atoms with Gasteiger partial charge in [0.25, 0.3) is 0 Å². The fourth-order valence-corrected chi connectivity index (χ4v) is 6.20. The number of hydrogen-bond donors (Lipinski definition) is 0. The zero-order chi connectivity index (χ0) is 22.8. The van der Waals surface area contributed by atoms with Crippen molar-refractivity contribution in [3.8, 4) is 16.3 Å². The van der Waals surface area contributed by atoms with Crippen molar-refractivity contribution in [3.63, 3.8) is 0 Å². The largest absolute Gasteiger partial charge is 0.497 e.